The maximum absolute atomic E-state index is 12.5. The maximum Gasteiger partial charge on any atom is 0.243 e. The van der Waals surface area contributed by atoms with Gasteiger partial charge in [-0.05, 0) is 25.1 Å². The minimum atomic E-state index is -3.59. The van der Waals surface area contributed by atoms with E-state index in [2.05, 4.69) is 0 Å². The first-order chi connectivity index (χ1) is 9.82. The second-order valence-electron chi connectivity index (χ2n) is 4.59. The number of aryl methyl sites for hydroxylation is 1. The highest BCUT2D eigenvalue weighted by atomic mass is 32.2. The standard InChI is InChI=1S/C14H17NO5S/c1-4-15(5-2)21(18,19)10-6-7-12-11(8-10)9(3)13(20-12)14(16)17/h6-8H,4-5H2,1-3H3,(H,16,17)/p-1. The van der Waals surface area contributed by atoms with E-state index >= 15 is 0 Å². The van der Waals surface area contributed by atoms with Crippen molar-refractivity contribution in [3.63, 3.8) is 0 Å². The molecule has 1 aromatic heterocycles. The van der Waals surface area contributed by atoms with Crippen LogP contribution in [-0.4, -0.2) is 31.8 Å². The second-order valence-corrected chi connectivity index (χ2v) is 6.53. The molecule has 0 saturated carbocycles. The van der Waals surface area contributed by atoms with Crippen molar-refractivity contribution in [3.05, 3.63) is 29.5 Å². The van der Waals surface area contributed by atoms with Crippen LogP contribution in [0.2, 0.25) is 0 Å². The Bertz CT molecular complexity index is 787. The van der Waals surface area contributed by atoms with Crippen molar-refractivity contribution in [2.45, 2.75) is 25.7 Å². The van der Waals surface area contributed by atoms with Gasteiger partial charge in [-0.1, -0.05) is 13.8 Å². The van der Waals surface area contributed by atoms with E-state index < -0.39 is 16.0 Å². The number of benzene rings is 1. The van der Waals surface area contributed by atoms with Gasteiger partial charge in [0.15, 0.2) is 5.76 Å². The number of furan rings is 1. The number of hydrogen-bond donors (Lipinski definition) is 0. The molecule has 0 saturated heterocycles. The smallest absolute Gasteiger partial charge is 0.243 e. The lowest BCUT2D eigenvalue weighted by atomic mass is 10.1. The van der Waals surface area contributed by atoms with Gasteiger partial charge in [0.25, 0.3) is 0 Å². The largest absolute Gasteiger partial charge is 0.542 e. The SMILES string of the molecule is CCN(CC)S(=O)(=O)c1ccc2oc(C(=O)[O-])c(C)c2c1. The van der Waals surface area contributed by atoms with Crippen molar-refractivity contribution >= 4 is 27.0 Å². The van der Waals surface area contributed by atoms with E-state index in [1.54, 1.807) is 20.8 Å². The molecule has 0 radical (unpaired) electrons. The number of fused-ring (bicyclic) bond motifs is 1. The summed E-state index contributed by atoms with van der Waals surface area (Å²) in [4.78, 5) is 11.1. The molecular weight excluding hydrogens is 294 g/mol. The molecule has 0 aliphatic carbocycles. The van der Waals surface area contributed by atoms with Gasteiger partial charge in [0.2, 0.25) is 10.0 Å². The zero-order chi connectivity index (χ0) is 15.8. The molecule has 7 heteroatoms. The molecular formula is C14H16NO5S-. The zero-order valence-corrected chi connectivity index (χ0v) is 12.9. The summed E-state index contributed by atoms with van der Waals surface area (Å²) in [7, 11) is -3.59. The number of carbonyl (C=O) groups is 1. The fourth-order valence-corrected chi connectivity index (χ4v) is 3.75. The van der Waals surface area contributed by atoms with E-state index in [1.807, 2.05) is 0 Å². The zero-order valence-electron chi connectivity index (χ0n) is 12.0. The van der Waals surface area contributed by atoms with Crippen LogP contribution in [0.15, 0.2) is 27.5 Å². The molecule has 2 aromatic rings. The number of carboxylic acid groups (broad SMARTS) is 1. The molecule has 1 aromatic carbocycles. The van der Waals surface area contributed by atoms with Gasteiger partial charge in [0.05, 0.1) is 4.90 Å². The lowest BCUT2D eigenvalue weighted by molar-refractivity contribution is -0.257. The quantitative estimate of drug-likeness (QED) is 0.826. The van der Waals surface area contributed by atoms with Crippen LogP contribution >= 0.6 is 0 Å². The van der Waals surface area contributed by atoms with Crippen LogP contribution in [0.5, 0.6) is 0 Å². The lowest BCUT2D eigenvalue weighted by Gasteiger charge is -2.18. The fraction of sp³-hybridized carbons (Fsp3) is 0.357. The Kier molecular flexibility index (Phi) is 4.06. The number of sulfonamides is 1. The van der Waals surface area contributed by atoms with Crippen LogP contribution in [0.25, 0.3) is 11.0 Å². The first-order valence-corrected chi connectivity index (χ1v) is 8.01. The number of carbonyl (C=O) groups excluding carboxylic acids is 1. The Labute approximate surface area is 123 Å². The molecule has 0 aliphatic rings. The van der Waals surface area contributed by atoms with E-state index in [-0.39, 0.29) is 10.7 Å². The van der Waals surface area contributed by atoms with Crippen LogP contribution in [0.4, 0.5) is 0 Å². The van der Waals surface area contributed by atoms with Crippen molar-refractivity contribution in [1.82, 2.24) is 4.31 Å². The van der Waals surface area contributed by atoms with Gasteiger partial charge < -0.3 is 14.3 Å². The van der Waals surface area contributed by atoms with Crippen LogP contribution < -0.4 is 5.11 Å². The molecule has 0 atom stereocenters. The molecule has 0 bridgehead atoms. The molecule has 0 fully saturated rings. The first kappa shape index (κ1) is 15.5. The summed E-state index contributed by atoms with van der Waals surface area (Å²) in [6.07, 6.45) is 0. The third-order valence-corrected chi connectivity index (χ3v) is 5.48. The van der Waals surface area contributed by atoms with Crippen molar-refractivity contribution in [2.75, 3.05) is 13.1 Å². The number of nitrogens with zero attached hydrogens (tertiary/aromatic N) is 1. The maximum atomic E-state index is 12.5. The average molecular weight is 310 g/mol. The molecule has 6 nitrogen and oxygen atoms in total. The third kappa shape index (κ3) is 2.54. The molecule has 0 unspecified atom stereocenters. The second kappa shape index (κ2) is 5.50. The highest BCUT2D eigenvalue weighted by molar-refractivity contribution is 7.89. The molecule has 21 heavy (non-hydrogen) atoms. The highest BCUT2D eigenvalue weighted by Crippen LogP contribution is 2.28. The van der Waals surface area contributed by atoms with Crippen molar-refractivity contribution < 1.29 is 22.7 Å². The van der Waals surface area contributed by atoms with E-state index in [1.165, 1.54) is 22.5 Å². The van der Waals surface area contributed by atoms with Crippen LogP contribution in [0.3, 0.4) is 0 Å². The highest BCUT2D eigenvalue weighted by Gasteiger charge is 2.23. The van der Waals surface area contributed by atoms with Gasteiger partial charge in [0.1, 0.15) is 11.6 Å². The van der Waals surface area contributed by atoms with E-state index in [4.69, 9.17) is 4.42 Å². The topological polar surface area (TPSA) is 90.7 Å². The van der Waals surface area contributed by atoms with E-state index in [9.17, 15) is 18.3 Å². The first-order valence-electron chi connectivity index (χ1n) is 6.57. The predicted octanol–water partition coefficient (Wildman–Crippen LogP) is 1.14. The number of aromatic carboxylic acids is 1. The summed E-state index contributed by atoms with van der Waals surface area (Å²) in [6, 6.07) is 4.32. The van der Waals surface area contributed by atoms with Crippen LogP contribution in [0.1, 0.15) is 30.0 Å². The molecule has 0 aliphatic heterocycles. The van der Waals surface area contributed by atoms with Crippen molar-refractivity contribution in [3.8, 4) is 0 Å². The predicted molar refractivity (Wildman–Crippen MR) is 75.4 cm³/mol. The van der Waals surface area contributed by atoms with Gasteiger partial charge >= 0.3 is 0 Å². The number of rotatable bonds is 5. The average Bonchev–Trinajstić information content (AvgIpc) is 2.77. The van der Waals surface area contributed by atoms with Gasteiger partial charge in [-0.25, -0.2) is 8.42 Å². The summed E-state index contributed by atoms with van der Waals surface area (Å²) in [6.45, 7) is 5.82. The fourth-order valence-electron chi connectivity index (χ4n) is 2.27. The van der Waals surface area contributed by atoms with Gasteiger partial charge in [-0.15, -0.1) is 0 Å². The Morgan fingerprint density at radius 1 is 1.29 bits per heavy atom. The summed E-state index contributed by atoms with van der Waals surface area (Å²) < 4.78 is 31.4. The molecule has 2 rings (SSSR count). The van der Waals surface area contributed by atoms with E-state index in [0.717, 1.165) is 0 Å². The normalized spacial score (nSPS) is 12.2. The molecule has 0 spiro atoms. The monoisotopic (exact) mass is 310 g/mol. The summed E-state index contributed by atoms with van der Waals surface area (Å²) >= 11 is 0. The molecule has 114 valence electrons. The summed E-state index contributed by atoms with van der Waals surface area (Å²) in [5, 5.41) is 11.4. The van der Waals surface area contributed by atoms with Crippen LogP contribution in [0, 0.1) is 6.92 Å². The van der Waals surface area contributed by atoms with Gasteiger partial charge in [-0.3, -0.25) is 0 Å². The Morgan fingerprint density at radius 3 is 2.43 bits per heavy atom. The summed E-state index contributed by atoms with van der Waals surface area (Å²) in [5.74, 6) is -1.70. The summed E-state index contributed by atoms with van der Waals surface area (Å²) in [5.41, 5.74) is 0.687. The molecule has 0 N–H and O–H groups in total. The van der Waals surface area contributed by atoms with E-state index in [0.29, 0.717) is 29.6 Å². The Balaban J connectivity index is 2.63. The Hall–Kier alpha value is -1.86. The van der Waals surface area contributed by atoms with Gasteiger partial charge in [0, 0.05) is 24.0 Å². The molecule has 0 amide bonds. The number of carboxylic acids is 1. The third-order valence-electron chi connectivity index (χ3n) is 3.44. The number of hydrogen-bond acceptors (Lipinski definition) is 5. The van der Waals surface area contributed by atoms with Crippen LogP contribution in [-0.2, 0) is 10.0 Å². The Morgan fingerprint density at radius 2 is 1.90 bits per heavy atom. The minimum Gasteiger partial charge on any atom is -0.542 e. The van der Waals surface area contributed by atoms with Crippen molar-refractivity contribution in [1.29, 1.82) is 0 Å². The lowest BCUT2D eigenvalue weighted by Crippen LogP contribution is -2.30. The minimum absolute atomic E-state index is 0.118. The van der Waals surface area contributed by atoms with Crippen molar-refractivity contribution in [2.24, 2.45) is 0 Å². The van der Waals surface area contributed by atoms with Gasteiger partial charge in [-0.2, -0.15) is 4.31 Å². The molecule has 1 heterocycles.